The highest BCUT2D eigenvalue weighted by Gasteiger charge is 2.46. The van der Waals surface area contributed by atoms with E-state index >= 15 is 0 Å². The molecule has 22 heavy (non-hydrogen) atoms. The molecule has 0 aromatic heterocycles. The summed E-state index contributed by atoms with van der Waals surface area (Å²) < 4.78 is 66.3. The summed E-state index contributed by atoms with van der Waals surface area (Å²) in [5.41, 5.74) is 0. The molecule has 0 spiro atoms. The van der Waals surface area contributed by atoms with E-state index in [0.29, 0.717) is 12.8 Å². The zero-order valence-corrected chi connectivity index (χ0v) is 14.6. The largest absolute Gasteiger partial charge is 0.400 e. The van der Waals surface area contributed by atoms with Crippen molar-refractivity contribution in [1.82, 2.24) is 0 Å². The molecule has 0 aromatic rings. The lowest BCUT2D eigenvalue weighted by molar-refractivity contribution is -0.0697. The van der Waals surface area contributed by atoms with Crippen molar-refractivity contribution in [2.45, 2.75) is 65.0 Å². The Labute approximate surface area is 131 Å². The van der Waals surface area contributed by atoms with E-state index in [2.05, 4.69) is 0 Å². The molecule has 0 N–H and O–H groups in total. The summed E-state index contributed by atoms with van der Waals surface area (Å²) in [6.45, 7) is 6.97. The van der Waals surface area contributed by atoms with Crippen LogP contribution in [0.15, 0.2) is 0 Å². The molecule has 0 saturated carbocycles. The van der Waals surface area contributed by atoms with Crippen LogP contribution >= 0.6 is 0 Å². The van der Waals surface area contributed by atoms with Crippen molar-refractivity contribution in [3.63, 3.8) is 0 Å². The molecule has 10 heteroatoms. The Balaban J connectivity index is 2.20. The van der Waals surface area contributed by atoms with Gasteiger partial charge in [0.1, 0.15) is 0 Å². The Bertz CT molecular complexity index is 599. The highest BCUT2D eigenvalue weighted by Crippen LogP contribution is 2.36. The molecule has 2 aliphatic heterocycles. The van der Waals surface area contributed by atoms with Crippen LogP contribution in [0.2, 0.25) is 0 Å². The Morgan fingerprint density at radius 2 is 1.59 bits per heavy atom. The highest BCUT2D eigenvalue weighted by atomic mass is 32.3. The summed E-state index contributed by atoms with van der Waals surface area (Å²) in [6, 6.07) is 0. The Hall–Kier alpha value is -0.260. The smallest absolute Gasteiger partial charge is 0.245 e. The molecule has 0 amide bonds. The molecule has 2 fully saturated rings. The van der Waals surface area contributed by atoms with Gasteiger partial charge in [-0.25, -0.2) is 16.7 Å². The minimum atomic E-state index is -4.08. The van der Waals surface area contributed by atoms with Gasteiger partial charge in [0.15, 0.2) is 0 Å². The SMILES string of the molecule is CCC1CC(C(C)C2OS(=O)(=O)OC(C)C2C)OS(=O)(=O)O1. The van der Waals surface area contributed by atoms with Crippen LogP contribution in [0.5, 0.6) is 0 Å². The van der Waals surface area contributed by atoms with Crippen LogP contribution in [-0.2, 0) is 37.5 Å². The van der Waals surface area contributed by atoms with Gasteiger partial charge in [-0.3, -0.25) is 0 Å². The van der Waals surface area contributed by atoms with Gasteiger partial charge in [0, 0.05) is 18.3 Å². The Kier molecular flexibility index (Phi) is 5.20. The van der Waals surface area contributed by atoms with Gasteiger partial charge in [0.25, 0.3) is 0 Å². The first-order valence-corrected chi connectivity index (χ1v) is 9.94. The molecule has 0 aliphatic carbocycles. The molecule has 2 aliphatic rings. The van der Waals surface area contributed by atoms with E-state index in [9.17, 15) is 16.8 Å². The van der Waals surface area contributed by atoms with Crippen molar-refractivity contribution in [1.29, 1.82) is 0 Å². The lowest BCUT2D eigenvalue weighted by Gasteiger charge is -2.40. The quantitative estimate of drug-likeness (QED) is 0.739. The van der Waals surface area contributed by atoms with Gasteiger partial charge in [-0.05, 0) is 13.3 Å². The molecule has 0 aromatic carbocycles. The second-order valence-corrected chi connectivity index (χ2v) is 8.30. The first kappa shape index (κ1) is 18.1. The normalized spacial score (nSPS) is 42.6. The fourth-order valence-electron chi connectivity index (χ4n) is 2.78. The standard InChI is InChI=1S/C12H22O8S2/c1-5-10-6-11(19-22(15,16)18-10)8(3)12-7(2)9(4)17-21(13,14)20-12/h7-12H,5-6H2,1-4H3. The molecule has 8 nitrogen and oxygen atoms in total. The molecular formula is C12H22O8S2. The second-order valence-electron chi connectivity index (χ2n) is 5.89. The number of rotatable bonds is 3. The summed E-state index contributed by atoms with van der Waals surface area (Å²) in [7, 11) is -8.15. The third-order valence-corrected chi connectivity index (χ3v) is 6.30. The first-order chi connectivity index (χ1) is 10.0. The predicted molar refractivity (Wildman–Crippen MR) is 76.2 cm³/mol. The van der Waals surface area contributed by atoms with Crippen LogP contribution in [0.3, 0.4) is 0 Å². The van der Waals surface area contributed by atoms with E-state index in [-0.39, 0.29) is 5.92 Å². The fourth-order valence-corrected chi connectivity index (χ4v) is 5.15. The summed E-state index contributed by atoms with van der Waals surface area (Å²) in [5, 5.41) is 0. The van der Waals surface area contributed by atoms with Crippen molar-refractivity contribution in [2.24, 2.45) is 11.8 Å². The molecule has 2 saturated heterocycles. The van der Waals surface area contributed by atoms with Gasteiger partial charge in [-0.2, -0.15) is 16.8 Å². The molecule has 6 unspecified atom stereocenters. The van der Waals surface area contributed by atoms with Crippen LogP contribution < -0.4 is 0 Å². The third kappa shape index (κ3) is 3.98. The van der Waals surface area contributed by atoms with Gasteiger partial charge < -0.3 is 0 Å². The van der Waals surface area contributed by atoms with Crippen LogP contribution in [0, 0.1) is 11.8 Å². The summed E-state index contributed by atoms with van der Waals surface area (Å²) >= 11 is 0. The maximum absolute atomic E-state index is 11.7. The average Bonchev–Trinajstić information content (AvgIpc) is 2.39. The summed E-state index contributed by atoms with van der Waals surface area (Å²) in [4.78, 5) is 0. The molecule has 2 rings (SSSR count). The summed E-state index contributed by atoms with van der Waals surface area (Å²) in [6.07, 6.45) is -1.56. The number of hydrogen-bond donors (Lipinski definition) is 0. The van der Waals surface area contributed by atoms with Gasteiger partial charge in [0.2, 0.25) is 0 Å². The predicted octanol–water partition coefficient (Wildman–Crippen LogP) is 1.14. The zero-order valence-electron chi connectivity index (χ0n) is 13.0. The van der Waals surface area contributed by atoms with Crippen LogP contribution in [0.1, 0.15) is 40.5 Å². The van der Waals surface area contributed by atoms with E-state index in [4.69, 9.17) is 16.7 Å². The zero-order chi connectivity index (χ0) is 16.7. The van der Waals surface area contributed by atoms with E-state index in [1.807, 2.05) is 6.92 Å². The number of hydrogen-bond acceptors (Lipinski definition) is 8. The fraction of sp³-hybridized carbons (Fsp3) is 1.00. The minimum absolute atomic E-state index is 0.229. The maximum atomic E-state index is 11.7. The topological polar surface area (TPSA) is 105 Å². The minimum Gasteiger partial charge on any atom is -0.245 e. The second kappa shape index (κ2) is 6.33. The van der Waals surface area contributed by atoms with Crippen molar-refractivity contribution in [3.8, 4) is 0 Å². The first-order valence-electron chi connectivity index (χ1n) is 7.27. The molecule has 0 bridgehead atoms. The Morgan fingerprint density at radius 1 is 1.00 bits per heavy atom. The van der Waals surface area contributed by atoms with E-state index < -0.39 is 51.1 Å². The van der Waals surface area contributed by atoms with Crippen molar-refractivity contribution in [3.05, 3.63) is 0 Å². The maximum Gasteiger partial charge on any atom is 0.400 e. The summed E-state index contributed by atoms with van der Waals surface area (Å²) in [5.74, 6) is -0.684. The van der Waals surface area contributed by atoms with Gasteiger partial charge in [-0.1, -0.05) is 20.8 Å². The van der Waals surface area contributed by atoms with Crippen LogP contribution in [0.4, 0.5) is 0 Å². The lowest BCUT2D eigenvalue weighted by atomic mass is 9.85. The van der Waals surface area contributed by atoms with Gasteiger partial charge in [0.05, 0.1) is 24.4 Å². The van der Waals surface area contributed by atoms with Crippen LogP contribution in [0.25, 0.3) is 0 Å². The monoisotopic (exact) mass is 358 g/mol. The van der Waals surface area contributed by atoms with Crippen LogP contribution in [-0.4, -0.2) is 41.3 Å². The van der Waals surface area contributed by atoms with Crippen molar-refractivity contribution in [2.75, 3.05) is 0 Å². The average molecular weight is 358 g/mol. The van der Waals surface area contributed by atoms with Crippen molar-refractivity contribution >= 4 is 20.8 Å². The molecule has 0 radical (unpaired) electrons. The van der Waals surface area contributed by atoms with Gasteiger partial charge in [-0.15, -0.1) is 0 Å². The third-order valence-electron chi connectivity index (χ3n) is 4.31. The molecule has 130 valence electrons. The van der Waals surface area contributed by atoms with E-state index in [0.717, 1.165) is 0 Å². The lowest BCUT2D eigenvalue weighted by Crippen LogP contribution is -2.50. The van der Waals surface area contributed by atoms with E-state index in [1.165, 1.54) is 0 Å². The molecule has 6 atom stereocenters. The van der Waals surface area contributed by atoms with E-state index in [1.54, 1.807) is 20.8 Å². The highest BCUT2D eigenvalue weighted by molar-refractivity contribution is 7.82. The Morgan fingerprint density at radius 3 is 2.18 bits per heavy atom. The van der Waals surface area contributed by atoms with Crippen molar-refractivity contribution < 1.29 is 33.6 Å². The molecule has 2 heterocycles. The van der Waals surface area contributed by atoms with Gasteiger partial charge >= 0.3 is 20.8 Å². The molecular weight excluding hydrogens is 336 g/mol.